The molecule has 2 fully saturated rings. The van der Waals surface area contributed by atoms with Crippen LogP contribution in [-0.4, -0.2) is 63.4 Å². The molecule has 1 saturated carbocycles. The Balaban J connectivity index is 1.60. The van der Waals surface area contributed by atoms with Crippen LogP contribution in [0.1, 0.15) is 42.1 Å². The van der Waals surface area contributed by atoms with Crippen molar-refractivity contribution in [3.05, 3.63) is 36.4 Å². The molecule has 0 radical (unpaired) electrons. The highest BCUT2D eigenvalue weighted by Gasteiger charge is 2.29. The van der Waals surface area contributed by atoms with Gasteiger partial charge >= 0.3 is 5.65 Å². The molecule has 1 saturated heterocycles. The van der Waals surface area contributed by atoms with Gasteiger partial charge < -0.3 is 20.5 Å². The molecular formula is C21H28N7O3+. The van der Waals surface area contributed by atoms with Crippen LogP contribution in [0.3, 0.4) is 0 Å². The number of carbonyl (C=O) groups excluding carboxylic acids is 1. The number of primary amides is 1. The summed E-state index contributed by atoms with van der Waals surface area (Å²) < 4.78 is 11.3. The predicted octanol–water partition coefficient (Wildman–Crippen LogP) is 0.467. The lowest BCUT2D eigenvalue weighted by Gasteiger charge is -2.28. The van der Waals surface area contributed by atoms with E-state index in [1.54, 1.807) is 12.4 Å². The lowest BCUT2D eigenvalue weighted by molar-refractivity contribution is -0.600. The van der Waals surface area contributed by atoms with E-state index in [0.29, 0.717) is 30.3 Å². The van der Waals surface area contributed by atoms with E-state index in [1.165, 1.54) is 0 Å². The summed E-state index contributed by atoms with van der Waals surface area (Å²) in [6.07, 6.45) is 11.3. The van der Waals surface area contributed by atoms with Gasteiger partial charge in [-0.3, -0.25) is 9.48 Å². The molecule has 0 bridgehead atoms. The molecule has 1 aliphatic carbocycles. The van der Waals surface area contributed by atoms with Crippen molar-refractivity contribution in [2.24, 2.45) is 11.7 Å². The van der Waals surface area contributed by atoms with Gasteiger partial charge in [-0.2, -0.15) is 9.78 Å². The average Bonchev–Trinajstić information content (AvgIpc) is 3.42. The predicted molar refractivity (Wildman–Crippen MR) is 112 cm³/mol. The summed E-state index contributed by atoms with van der Waals surface area (Å²) in [5.74, 6) is 0.729. The zero-order valence-corrected chi connectivity index (χ0v) is 17.4. The first kappa shape index (κ1) is 20.0. The highest BCUT2D eigenvalue weighted by Crippen LogP contribution is 2.34. The molecule has 5 rings (SSSR count). The smallest absolute Gasteiger partial charge is 0.361 e. The molecule has 4 heterocycles. The van der Waals surface area contributed by atoms with E-state index in [0.717, 1.165) is 50.3 Å². The third-order valence-electron chi connectivity index (χ3n) is 6.42. The Labute approximate surface area is 179 Å². The number of anilines is 1. The molecule has 1 amide bonds. The Morgan fingerprint density at radius 2 is 2.00 bits per heavy atom. The molecule has 3 aromatic heterocycles. The van der Waals surface area contributed by atoms with E-state index in [9.17, 15) is 9.90 Å². The fraction of sp³-hybridized carbons (Fsp3) is 0.524. The molecule has 0 spiro atoms. The summed E-state index contributed by atoms with van der Waals surface area (Å²) >= 11 is 0. The molecule has 0 aromatic carbocycles. The van der Waals surface area contributed by atoms with Crippen molar-refractivity contribution >= 4 is 17.4 Å². The minimum Gasteiger partial charge on any atom is -0.396 e. The number of morpholine rings is 1. The molecule has 3 aromatic rings. The van der Waals surface area contributed by atoms with E-state index in [4.69, 9.17) is 15.6 Å². The normalized spacial score (nSPS) is 22.2. The van der Waals surface area contributed by atoms with Crippen LogP contribution in [0.5, 0.6) is 0 Å². The number of fused-ring (bicyclic) bond motifs is 1. The number of nitrogens with two attached hydrogens (primary N) is 1. The van der Waals surface area contributed by atoms with Gasteiger partial charge in [-0.1, -0.05) is 0 Å². The maximum absolute atomic E-state index is 12.0. The molecular weight excluding hydrogens is 398 g/mol. The first-order valence-electron chi connectivity index (χ1n) is 10.9. The quantitative estimate of drug-likeness (QED) is 0.573. The Kier molecular flexibility index (Phi) is 5.33. The van der Waals surface area contributed by atoms with Crippen LogP contribution in [0.4, 0.5) is 5.82 Å². The third-order valence-corrected chi connectivity index (χ3v) is 6.42. The van der Waals surface area contributed by atoms with Gasteiger partial charge in [0.2, 0.25) is 0 Å². The summed E-state index contributed by atoms with van der Waals surface area (Å²) in [6.45, 7) is 3.08. The Morgan fingerprint density at radius 3 is 2.71 bits per heavy atom. The van der Waals surface area contributed by atoms with Gasteiger partial charge in [0.1, 0.15) is 18.1 Å². The summed E-state index contributed by atoms with van der Waals surface area (Å²) in [7, 11) is 0. The zero-order valence-electron chi connectivity index (χ0n) is 17.4. The number of amides is 1. The second-order valence-corrected chi connectivity index (χ2v) is 8.31. The SMILES string of the molecule is NC(=O)c1cn(-c2cn(C3CCC(CO)CC3)nc2N2CCOCC2)[n+]2cccnc12. The van der Waals surface area contributed by atoms with Crippen molar-refractivity contribution < 1.29 is 19.2 Å². The topological polar surface area (TPSA) is 116 Å². The zero-order chi connectivity index (χ0) is 21.4. The van der Waals surface area contributed by atoms with E-state index in [-0.39, 0.29) is 12.6 Å². The monoisotopic (exact) mass is 426 g/mol. The lowest BCUT2D eigenvalue weighted by Crippen LogP contribution is -2.38. The Hall–Kier alpha value is -2.98. The molecule has 164 valence electrons. The van der Waals surface area contributed by atoms with Gasteiger partial charge in [0.05, 0.1) is 31.6 Å². The minimum absolute atomic E-state index is 0.255. The molecule has 1 aliphatic heterocycles. The van der Waals surface area contributed by atoms with Crippen molar-refractivity contribution in [3.8, 4) is 5.69 Å². The molecule has 10 heteroatoms. The van der Waals surface area contributed by atoms with Crippen molar-refractivity contribution in [1.29, 1.82) is 0 Å². The van der Waals surface area contributed by atoms with Crippen LogP contribution < -0.4 is 15.1 Å². The van der Waals surface area contributed by atoms with Crippen molar-refractivity contribution in [2.75, 3.05) is 37.8 Å². The number of aromatic nitrogens is 5. The number of ether oxygens (including phenoxy) is 1. The molecule has 0 unspecified atom stereocenters. The molecule has 0 atom stereocenters. The summed E-state index contributed by atoms with van der Waals surface area (Å²) in [5.41, 5.74) is 7.38. The first-order valence-corrected chi connectivity index (χ1v) is 10.9. The van der Waals surface area contributed by atoms with Crippen molar-refractivity contribution in [2.45, 2.75) is 31.7 Å². The van der Waals surface area contributed by atoms with Gasteiger partial charge in [0, 0.05) is 25.8 Å². The maximum atomic E-state index is 12.0. The van der Waals surface area contributed by atoms with Crippen LogP contribution in [0.2, 0.25) is 0 Å². The van der Waals surface area contributed by atoms with Gasteiger partial charge in [0.15, 0.2) is 11.4 Å². The molecule has 2 aliphatic rings. The number of hydrogen-bond donors (Lipinski definition) is 2. The fourth-order valence-corrected chi connectivity index (χ4v) is 4.65. The highest BCUT2D eigenvalue weighted by atomic mass is 16.5. The highest BCUT2D eigenvalue weighted by molar-refractivity contribution is 5.97. The summed E-state index contributed by atoms with van der Waals surface area (Å²) in [5, 5.41) is 14.5. The average molecular weight is 427 g/mol. The van der Waals surface area contributed by atoms with Gasteiger partial charge in [-0.25, -0.2) is 0 Å². The van der Waals surface area contributed by atoms with Crippen LogP contribution >= 0.6 is 0 Å². The summed E-state index contributed by atoms with van der Waals surface area (Å²) in [4.78, 5) is 18.6. The van der Waals surface area contributed by atoms with Crippen LogP contribution in [0.15, 0.2) is 30.9 Å². The standard InChI is InChI=1S/C21H27N7O3/c22-19(30)17-12-28(27-7-1-6-23-20(17)27)18-13-26(16-4-2-15(14-29)3-5-16)24-21(18)25-8-10-31-11-9-25/h1,6-7,12-13,15-16,29H,2-5,8-11,14H2,(H-,22,30)/p+1. The molecule has 3 N–H and O–H groups in total. The molecule has 10 nitrogen and oxygen atoms in total. The minimum atomic E-state index is -0.516. The lowest BCUT2D eigenvalue weighted by atomic mass is 9.87. The maximum Gasteiger partial charge on any atom is 0.361 e. The van der Waals surface area contributed by atoms with E-state index in [2.05, 4.69) is 20.8 Å². The van der Waals surface area contributed by atoms with E-state index in [1.807, 2.05) is 21.5 Å². The van der Waals surface area contributed by atoms with E-state index >= 15 is 0 Å². The number of carbonyl (C=O) groups is 1. The van der Waals surface area contributed by atoms with Crippen molar-refractivity contribution in [3.63, 3.8) is 0 Å². The van der Waals surface area contributed by atoms with E-state index < -0.39 is 5.91 Å². The fourth-order valence-electron chi connectivity index (χ4n) is 4.65. The Bertz CT molecular complexity index is 1080. The van der Waals surface area contributed by atoms with Crippen LogP contribution in [0.25, 0.3) is 11.3 Å². The van der Waals surface area contributed by atoms with Gasteiger partial charge in [-0.05, 0) is 36.6 Å². The van der Waals surface area contributed by atoms with Gasteiger partial charge in [-0.15, -0.1) is 4.52 Å². The van der Waals surface area contributed by atoms with Crippen molar-refractivity contribution in [1.82, 2.24) is 19.4 Å². The molecule has 31 heavy (non-hydrogen) atoms. The number of nitrogens with zero attached hydrogens (tertiary/aromatic N) is 6. The number of aliphatic hydroxyl groups excluding tert-OH is 1. The van der Waals surface area contributed by atoms with Crippen LogP contribution in [0, 0.1) is 5.92 Å². The van der Waals surface area contributed by atoms with Gasteiger partial charge in [0.25, 0.3) is 5.91 Å². The summed E-state index contributed by atoms with van der Waals surface area (Å²) in [6, 6.07) is 2.11. The Morgan fingerprint density at radius 1 is 1.23 bits per heavy atom. The first-order chi connectivity index (χ1) is 15.2. The number of hydrogen-bond acceptors (Lipinski definition) is 6. The van der Waals surface area contributed by atoms with Crippen LogP contribution in [-0.2, 0) is 4.74 Å². The third kappa shape index (κ3) is 3.66. The second-order valence-electron chi connectivity index (χ2n) is 8.31. The number of aliphatic hydroxyl groups is 1. The second kappa shape index (κ2) is 8.27. The number of rotatable bonds is 5. The largest absolute Gasteiger partial charge is 0.396 e.